The van der Waals surface area contributed by atoms with Crippen LogP contribution in [0.4, 0.5) is 0 Å². The van der Waals surface area contributed by atoms with Gasteiger partial charge in [0.2, 0.25) is 11.1 Å². The van der Waals surface area contributed by atoms with E-state index in [0.717, 1.165) is 10.9 Å². The topological polar surface area (TPSA) is 98.7 Å². The highest BCUT2D eigenvalue weighted by atomic mass is 32.2. The molecule has 96 valence electrons. The van der Waals surface area contributed by atoms with E-state index in [1.807, 2.05) is 13.8 Å². The molecule has 1 rings (SSSR count). The molecule has 0 fully saturated rings. The highest BCUT2D eigenvalue weighted by Crippen LogP contribution is 2.14. The van der Waals surface area contributed by atoms with Gasteiger partial charge in [0, 0.05) is 18.8 Å². The van der Waals surface area contributed by atoms with Gasteiger partial charge in [0.1, 0.15) is 0 Å². The lowest BCUT2D eigenvalue weighted by Gasteiger charge is -2.17. The Morgan fingerprint density at radius 1 is 1.59 bits per heavy atom. The summed E-state index contributed by atoms with van der Waals surface area (Å²) >= 11 is 1.51. The molecular formula is C9H18N6OS. The van der Waals surface area contributed by atoms with E-state index in [2.05, 4.69) is 20.8 Å². The lowest BCUT2D eigenvalue weighted by Crippen LogP contribution is -2.44. The number of amides is 1. The molecule has 0 aliphatic heterocycles. The Kier molecular flexibility index (Phi) is 5.36. The summed E-state index contributed by atoms with van der Waals surface area (Å²) in [6, 6.07) is -0.0716. The second kappa shape index (κ2) is 6.55. The zero-order valence-electron chi connectivity index (χ0n) is 10.3. The number of hydrogen-bond donors (Lipinski definition) is 2. The van der Waals surface area contributed by atoms with Crippen molar-refractivity contribution in [1.29, 1.82) is 0 Å². The van der Waals surface area contributed by atoms with Gasteiger partial charge in [0.05, 0.1) is 6.04 Å². The zero-order valence-corrected chi connectivity index (χ0v) is 11.1. The third kappa shape index (κ3) is 4.70. The fourth-order valence-corrected chi connectivity index (χ4v) is 2.18. The second-order valence-electron chi connectivity index (χ2n) is 4.00. The van der Waals surface area contributed by atoms with E-state index in [-0.39, 0.29) is 18.0 Å². The van der Waals surface area contributed by atoms with Crippen LogP contribution in [0.5, 0.6) is 0 Å². The third-order valence-corrected chi connectivity index (χ3v) is 3.14. The van der Waals surface area contributed by atoms with Gasteiger partial charge in [-0.05, 0) is 16.8 Å². The number of tetrazole rings is 1. The molecule has 0 bridgehead atoms. The van der Waals surface area contributed by atoms with Gasteiger partial charge in [-0.2, -0.15) is 0 Å². The first-order valence-electron chi connectivity index (χ1n) is 5.41. The monoisotopic (exact) mass is 258 g/mol. The number of aromatic nitrogens is 4. The molecule has 1 aromatic heterocycles. The number of rotatable bonds is 7. The van der Waals surface area contributed by atoms with Gasteiger partial charge >= 0.3 is 0 Å². The summed E-state index contributed by atoms with van der Waals surface area (Å²) in [5.41, 5.74) is 5.32. The van der Waals surface area contributed by atoms with Crippen LogP contribution in [0.1, 0.15) is 20.3 Å². The van der Waals surface area contributed by atoms with Crippen LogP contribution in [0.3, 0.4) is 0 Å². The molecule has 0 aliphatic carbocycles. The summed E-state index contributed by atoms with van der Waals surface area (Å²) in [5.74, 6) is 0.414. The number of carbonyl (C=O) groups excluding carboxylic acids is 1. The van der Waals surface area contributed by atoms with Gasteiger partial charge in [0.15, 0.2) is 0 Å². The second-order valence-corrected chi connectivity index (χ2v) is 5.06. The average Bonchev–Trinajstić information content (AvgIpc) is 2.62. The predicted molar refractivity (Wildman–Crippen MR) is 65.4 cm³/mol. The van der Waals surface area contributed by atoms with Crippen LogP contribution >= 0.6 is 11.8 Å². The van der Waals surface area contributed by atoms with Crippen LogP contribution in [0.15, 0.2) is 5.16 Å². The number of nitrogens with zero attached hydrogens (tertiary/aromatic N) is 4. The Morgan fingerprint density at radius 2 is 2.29 bits per heavy atom. The number of thioether (sulfide) groups is 1. The van der Waals surface area contributed by atoms with E-state index in [9.17, 15) is 4.79 Å². The Balaban J connectivity index is 2.37. The van der Waals surface area contributed by atoms with E-state index in [1.54, 1.807) is 11.7 Å². The summed E-state index contributed by atoms with van der Waals surface area (Å²) in [5, 5.41) is 15.0. The predicted octanol–water partition coefficient (Wildman–Crippen LogP) is -0.456. The van der Waals surface area contributed by atoms with Gasteiger partial charge in [-0.25, -0.2) is 4.68 Å². The number of nitrogens with one attached hydrogen (secondary N) is 1. The van der Waals surface area contributed by atoms with Crippen molar-refractivity contribution in [1.82, 2.24) is 25.5 Å². The summed E-state index contributed by atoms with van der Waals surface area (Å²) in [6.07, 6.45) is 0.658. The largest absolute Gasteiger partial charge is 0.368 e. The van der Waals surface area contributed by atoms with E-state index in [0.29, 0.717) is 6.42 Å². The lowest BCUT2D eigenvalue weighted by molar-refractivity contribution is -0.120. The summed E-state index contributed by atoms with van der Waals surface area (Å²) in [7, 11) is 1.78. The molecule has 1 aromatic rings. The summed E-state index contributed by atoms with van der Waals surface area (Å²) < 4.78 is 1.60. The minimum atomic E-state index is -0.324. The maximum atomic E-state index is 11.2. The molecule has 0 aromatic carbocycles. The standard InChI is InChI=1S/C9H18N6OS/c1-6(2)11-7(8(10)16)4-5-17-9-12-13-14-15(9)3/h6-7,11H,4-5H2,1-3H3,(H2,10,16). The van der Waals surface area contributed by atoms with Crippen LogP contribution < -0.4 is 11.1 Å². The zero-order chi connectivity index (χ0) is 12.8. The van der Waals surface area contributed by atoms with Crippen molar-refractivity contribution < 1.29 is 4.79 Å². The van der Waals surface area contributed by atoms with Gasteiger partial charge < -0.3 is 11.1 Å². The molecule has 0 saturated heterocycles. The molecule has 17 heavy (non-hydrogen) atoms. The number of primary amides is 1. The van der Waals surface area contributed by atoms with E-state index in [1.165, 1.54) is 11.8 Å². The van der Waals surface area contributed by atoms with Crippen molar-refractivity contribution in [2.24, 2.45) is 12.8 Å². The first kappa shape index (κ1) is 13.9. The smallest absolute Gasteiger partial charge is 0.234 e. The number of aryl methyl sites for hydroxylation is 1. The molecule has 0 spiro atoms. The molecular weight excluding hydrogens is 240 g/mol. The van der Waals surface area contributed by atoms with E-state index in [4.69, 9.17) is 5.73 Å². The SMILES string of the molecule is CC(C)NC(CCSc1nnnn1C)C(N)=O. The molecule has 8 heteroatoms. The highest BCUT2D eigenvalue weighted by molar-refractivity contribution is 7.99. The van der Waals surface area contributed by atoms with Gasteiger partial charge in [-0.15, -0.1) is 5.10 Å². The quantitative estimate of drug-likeness (QED) is 0.642. The minimum absolute atomic E-state index is 0.231. The highest BCUT2D eigenvalue weighted by Gasteiger charge is 2.16. The number of carbonyl (C=O) groups is 1. The first-order chi connectivity index (χ1) is 8.00. The number of hydrogen-bond acceptors (Lipinski definition) is 6. The molecule has 1 atom stereocenters. The van der Waals surface area contributed by atoms with Crippen LogP contribution in [-0.4, -0.2) is 44.0 Å². The first-order valence-corrected chi connectivity index (χ1v) is 6.39. The summed E-state index contributed by atoms with van der Waals surface area (Å²) in [6.45, 7) is 3.96. The Labute approximate surface area is 105 Å². The lowest BCUT2D eigenvalue weighted by atomic mass is 10.2. The van der Waals surface area contributed by atoms with Gasteiger partial charge in [0.25, 0.3) is 0 Å². The third-order valence-electron chi connectivity index (χ3n) is 2.10. The number of nitrogens with two attached hydrogens (primary N) is 1. The van der Waals surface area contributed by atoms with Crippen LogP contribution in [0.2, 0.25) is 0 Å². The van der Waals surface area contributed by atoms with E-state index >= 15 is 0 Å². The fourth-order valence-electron chi connectivity index (χ4n) is 1.32. The summed E-state index contributed by atoms with van der Waals surface area (Å²) in [4.78, 5) is 11.2. The van der Waals surface area contributed by atoms with Crippen molar-refractivity contribution in [2.45, 2.75) is 37.5 Å². The Hall–Kier alpha value is -1.15. The minimum Gasteiger partial charge on any atom is -0.368 e. The van der Waals surface area contributed by atoms with E-state index < -0.39 is 0 Å². The maximum Gasteiger partial charge on any atom is 0.234 e. The normalized spacial score (nSPS) is 12.9. The van der Waals surface area contributed by atoms with Crippen molar-refractivity contribution in [3.63, 3.8) is 0 Å². The Bertz CT molecular complexity index is 366. The van der Waals surface area contributed by atoms with Gasteiger partial charge in [-0.3, -0.25) is 4.79 Å². The van der Waals surface area contributed by atoms with Crippen molar-refractivity contribution >= 4 is 17.7 Å². The molecule has 0 radical (unpaired) electrons. The molecule has 1 amide bonds. The molecule has 0 aliphatic rings. The van der Waals surface area contributed by atoms with Crippen molar-refractivity contribution in [3.05, 3.63) is 0 Å². The van der Waals surface area contributed by atoms with Crippen LogP contribution in [0.25, 0.3) is 0 Å². The van der Waals surface area contributed by atoms with Crippen LogP contribution in [-0.2, 0) is 11.8 Å². The fraction of sp³-hybridized carbons (Fsp3) is 0.778. The van der Waals surface area contributed by atoms with Crippen LogP contribution in [0, 0.1) is 0 Å². The molecule has 1 heterocycles. The van der Waals surface area contributed by atoms with Crippen molar-refractivity contribution in [2.75, 3.05) is 5.75 Å². The van der Waals surface area contributed by atoms with Gasteiger partial charge in [-0.1, -0.05) is 25.6 Å². The molecule has 0 saturated carbocycles. The molecule has 1 unspecified atom stereocenters. The Morgan fingerprint density at radius 3 is 2.76 bits per heavy atom. The average molecular weight is 258 g/mol. The molecule has 7 nitrogen and oxygen atoms in total. The van der Waals surface area contributed by atoms with Crippen molar-refractivity contribution in [3.8, 4) is 0 Å². The maximum absolute atomic E-state index is 11.2. The molecule has 3 N–H and O–H groups in total.